The number of pyridine rings is 1. The Morgan fingerprint density at radius 3 is 2.57 bits per heavy atom. The monoisotopic (exact) mass is 439 g/mol. The zero-order valence-electron chi connectivity index (χ0n) is 18.2. The van der Waals surface area contributed by atoms with E-state index >= 15 is 0 Å². The minimum atomic E-state index is -0.639. The molecule has 0 spiro atoms. The SMILES string of the molecule is Cc1c(Cl)cc(C(=O)NCC2CCN(CC3(O)CCOCC3)CC2)c(=O)n1C(C)C. The summed E-state index contributed by atoms with van der Waals surface area (Å²) in [6, 6.07) is 1.41. The summed E-state index contributed by atoms with van der Waals surface area (Å²) in [7, 11) is 0. The summed E-state index contributed by atoms with van der Waals surface area (Å²) in [5.74, 6) is -0.00183. The van der Waals surface area contributed by atoms with Crippen LogP contribution < -0.4 is 10.9 Å². The van der Waals surface area contributed by atoms with Crippen LogP contribution in [0, 0.1) is 12.8 Å². The minimum Gasteiger partial charge on any atom is -0.388 e. The zero-order chi connectivity index (χ0) is 21.9. The second-order valence-electron chi connectivity index (χ2n) is 9.03. The van der Waals surface area contributed by atoms with Crippen molar-refractivity contribution in [2.24, 2.45) is 5.92 Å². The van der Waals surface area contributed by atoms with E-state index in [-0.39, 0.29) is 23.1 Å². The summed E-state index contributed by atoms with van der Waals surface area (Å²) in [4.78, 5) is 27.7. The van der Waals surface area contributed by atoms with Crippen LogP contribution in [0.1, 0.15) is 61.6 Å². The van der Waals surface area contributed by atoms with Gasteiger partial charge in [-0.15, -0.1) is 0 Å². The maximum atomic E-state index is 12.7. The fourth-order valence-corrected chi connectivity index (χ4v) is 4.68. The number of rotatable bonds is 6. The smallest absolute Gasteiger partial charge is 0.263 e. The normalized spacial score (nSPS) is 20.5. The zero-order valence-corrected chi connectivity index (χ0v) is 19.0. The van der Waals surface area contributed by atoms with Crippen molar-refractivity contribution >= 4 is 17.5 Å². The van der Waals surface area contributed by atoms with Crippen molar-refractivity contribution in [1.82, 2.24) is 14.8 Å². The molecule has 7 nitrogen and oxygen atoms in total. The highest BCUT2D eigenvalue weighted by Gasteiger charge is 2.33. The number of piperidine rings is 1. The number of likely N-dealkylation sites (tertiary alicyclic amines) is 1. The first-order valence-corrected chi connectivity index (χ1v) is 11.3. The highest BCUT2D eigenvalue weighted by atomic mass is 35.5. The lowest BCUT2D eigenvalue weighted by atomic mass is 9.91. The number of ether oxygens (including phenoxy) is 1. The molecule has 1 amide bonds. The molecule has 0 atom stereocenters. The molecule has 30 heavy (non-hydrogen) atoms. The van der Waals surface area contributed by atoms with E-state index in [1.54, 1.807) is 11.5 Å². The third kappa shape index (κ3) is 5.44. The summed E-state index contributed by atoms with van der Waals surface area (Å²) in [6.45, 7) is 9.87. The lowest BCUT2D eigenvalue weighted by Gasteiger charge is -2.39. The van der Waals surface area contributed by atoms with Gasteiger partial charge in [-0.25, -0.2) is 0 Å². The molecule has 8 heteroatoms. The summed E-state index contributed by atoms with van der Waals surface area (Å²) < 4.78 is 6.92. The number of nitrogens with one attached hydrogen (secondary N) is 1. The van der Waals surface area contributed by atoms with Crippen molar-refractivity contribution in [3.63, 3.8) is 0 Å². The van der Waals surface area contributed by atoms with Crippen LogP contribution in [-0.2, 0) is 4.74 Å². The highest BCUT2D eigenvalue weighted by Crippen LogP contribution is 2.25. The molecule has 0 bridgehead atoms. The molecule has 2 aliphatic heterocycles. The van der Waals surface area contributed by atoms with Crippen LogP contribution in [0.15, 0.2) is 10.9 Å². The van der Waals surface area contributed by atoms with Gasteiger partial charge in [0.05, 0.1) is 10.6 Å². The van der Waals surface area contributed by atoms with Gasteiger partial charge in [0.25, 0.3) is 11.5 Å². The van der Waals surface area contributed by atoms with Crippen molar-refractivity contribution in [2.45, 2.75) is 58.1 Å². The van der Waals surface area contributed by atoms with Crippen LogP contribution in [0.5, 0.6) is 0 Å². The Hall–Kier alpha value is -1.41. The van der Waals surface area contributed by atoms with Crippen LogP contribution in [0.25, 0.3) is 0 Å². The quantitative estimate of drug-likeness (QED) is 0.711. The number of amides is 1. The maximum absolute atomic E-state index is 12.7. The first-order valence-electron chi connectivity index (χ1n) is 10.9. The van der Waals surface area contributed by atoms with Gasteiger partial charge < -0.3 is 24.6 Å². The number of carbonyl (C=O) groups excluding carboxylic acids is 1. The number of hydrogen-bond acceptors (Lipinski definition) is 5. The molecule has 1 aromatic heterocycles. The number of carbonyl (C=O) groups is 1. The van der Waals surface area contributed by atoms with Gasteiger partial charge in [-0.2, -0.15) is 0 Å². The third-order valence-corrected chi connectivity index (χ3v) is 6.77. The summed E-state index contributed by atoms with van der Waals surface area (Å²) in [5, 5.41) is 14.1. The largest absolute Gasteiger partial charge is 0.388 e. The topological polar surface area (TPSA) is 83.8 Å². The molecular weight excluding hydrogens is 406 g/mol. The molecule has 2 saturated heterocycles. The van der Waals surface area contributed by atoms with Gasteiger partial charge in [0, 0.05) is 50.9 Å². The molecule has 2 fully saturated rings. The molecule has 0 aliphatic carbocycles. The van der Waals surface area contributed by atoms with E-state index in [4.69, 9.17) is 16.3 Å². The predicted octanol–water partition coefficient (Wildman–Crippen LogP) is 2.37. The van der Waals surface area contributed by atoms with Crippen molar-refractivity contribution in [3.05, 3.63) is 32.7 Å². The number of hydrogen-bond donors (Lipinski definition) is 2. The van der Waals surface area contributed by atoms with Gasteiger partial charge >= 0.3 is 0 Å². The standard InChI is InChI=1S/C22H34ClN3O4/c1-15(2)26-16(3)19(23)12-18(21(26)28)20(27)24-13-17-4-8-25(9-5-17)14-22(29)6-10-30-11-7-22/h12,15,17,29H,4-11,13-14H2,1-3H3,(H,24,27). The Morgan fingerprint density at radius 2 is 1.97 bits per heavy atom. The Kier molecular flexibility index (Phi) is 7.61. The molecule has 168 valence electrons. The van der Waals surface area contributed by atoms with Gasteiger partial charge in [0.2, 0.25) is 0 Å². The Balaban J connectivity index is 1.52. The number of halogens is 1. The van der Waals surface area contributed by atoms with E-state index in [2.05, 4.69) is 10.2 Å². The number of aliphatic hydroxyl groups is 1. The van der Waals surface area contributed by atoms with Gasteiger partial charge in [-0.05, 0) is 58.7 Å². The molecule has 0 saturated carbocycles. The first-order chi connectivity index (χ1) is 14.2. The molecule has 3 rings (SSSR count). The Labute approximate surface area is 183 Å². The van der Waals surface area contributed by atoms with E-state index in [0.717, 1.165) is 25.9 Å². The van der Waals surface area contributed by atoms with E-state index in [0.29, 0.717) is 55.8 Å². The summed E-state index contributed by atoms with van der Waals surface area (Å²) in [6.07, 6.45) is 3.29. The molecule has 2 aliphatic rings. The van der Waals surface area contributed by atoms with E-state index in [9.17, 15) is 14.7 Å². The van der Waals surface area contributed by atoms with Crippen molar-refractivity contribution in [2.75, 3.05) is 39.4 Å². The van der Waals surface area contributed by atoms with Crippen molar-refractivity contribution < 1.29 is 14.6 Å². The minimum absolute atomic E-state index is 0.0716. The summed E-state index contributed by atoms with van der Waals surface area (Å²) >= 11 is 6.26. The molecule has 3 heterocycles. The van der Waals surface area contributed by atoms with Gasteiger partial charge in [-0.1, -0.05) is 11.6 Å². The average Bonchev–Trinajstić information content (AvgIpc) is 2.70. The highest BCUT2D eigenvalue weighted by molar-refractivity contribution is 6.31. The Morgan fingerprint density at radius 1 is 1.33 bits per heavy atom. The Bertz CT molecular complexity index is 809. The van der Waals surface area contributed by atoms with Gasteiger partial charge in [0.1, 0.15) is 5.56 Å². The van der Waals surface area contributed by atoms with Crippen LogP contribution in [0.2, 0.25) is 5.02 Å². The van der Waals surface area contributed by atoms with E-state index in [1.807, 2.05) is 13.8 Å². The number of aromatic nitrogens is 1. The second-order valence-corrected chi connectivity index (χ2v) is 9.43. The van der Waals surface area contributed by atoms with E-state index in [1.165, 1.54) is 6.07 Å². The third-order valence-electron chi connectivity index (χ3n) is 6.39. The molecule has 0 unspecified atom stereocenters. The van der Waals surface area contributed by atoms with Crippen LogP contribution in [0.4, 0.5) is 0 Å². The maximum Gasteiger partial charge on any atom is 0.263 e. The molecule has 2 N–H and O–H groups in total. The van der Waals surface area contributed by atoms with Crippen LogP contribution in [0.3, 0.4) is 0 Å². The van der Waals surface area contributed by atoms with E-state index < -0.39 is 5.60 Å². The fraction of sp³-hybridized carbons (Fsp3) is 0.727. The first kappa shape index (κ1) is 23.3. The molecule has 0 radical (unpaired) electrons. The lowest BCUT2D eigenvalue weighted by Crippen LogP contribution is -2.49. The summed E-state index contributed by atoms with van der Waals surface area (Å²) in [5.41, 5.74) is -0.172. The number of β-amino-alcohol motifs (C(OH)–C–C–N with tert-alkyl or cyclic N) is 1. The fourth-order valence-electron chi connectivity index (χ4n) is 4.48. The molecule has 1 aromatic rings. The van der Waals surface area contributed by atoms with Crippen LogP contribution in [-0.4, -0.2) is 65.5 Å². The average molecular weight is 440 g/mol. The predicted molar refractivity (Wildman–Crippen MR) is 117 cm³/mol. The van der Waals surface area contributed by atoms with Crippen molar-refractivity contribution in [1.29, 1.82) is 0 Å². The molecular formula is C22H34ClN3O4. The number of nitrogens with zero attached hydrogens (tertiary/aromatic N) is 2. The second kappa shape index (κ2) is 9.81. The van der Waals surface area contributed by atoms with Gasteiger partial charge in [0.15, 0.2) is 0 Å². The van der Waals surface area contributed by atoms with Crippen molar-refractivity contribution in [3.8, 4) is 0 Å². The van der Waals surface area contributed by atoms with Gasteiger partial charge in [-0.3, -0.25) is 9.59 Å². The lowest BCUT2D eigenvalue weighted by molar-refractivity contribution is -0.0829. The molecule has 0 aromatic carbocycles. The van der Waals surface area contributed by atoms with Crippen LogP contribution >= 0.6 is 11.6 Å².